The molecule has 0 aromatic heterocycles. The van der Waals surface area contributed by atoms with E-state index in [1.807, 2.05) is 36.9 Å². The molecule has 0 aliphatic carbocycles. The molecule has 1 fully saturated rings. The molecule has 6 heteroatoms. The van der Waals surface area contributed by atoms with E-state index in [-0.39, 0.29) is 43.0 Å². The van der Waals surface area contributed by atoms with Gasteiger partial charge in [0.25, 0.3) is 0 Å². The number of benzene rings is 1. The number of nitrogens with two attached hydrogens (primary N) is 1. The number of carbonyl (C=O) groups is 3. The molecule has 6 nitrogen and oxygen atoms in total. The van der Waals surface area contributed by atoms with E-state index in [0.29, 0.717) is 5.56 Å². The molecule has 1 heterocycles. The van der Waals surface area contributed by atoms with E-state index >= 15 is 0 Å². The Balaban J connectivity index is 1.73. The van der Waals surface area contributed by atoms with Gasteiger partial charge in [0, 0.05) is 37.5 Å². The van der Waals surface area contributed by atoms with Gasteiger partial charge in [-0.3, -0.25) is 19.3 Å². The summed E-state index contributed by atoms with van der Waals surface area (Å²) in [6.45, 7) is 5.74. The zero-order chi connectivity index (χ0) is 18.4. The van der Waals surface area contributed by atoms with Crippen molar-refractivity contribution in [2.75, 3.05) is 19.6 Å². The largest absolute Gasteiger partial charge is 0.369 e. The van der Waals surface area contributed by atoms with Gasteiger partial charge in [-0.25, -0.2) is 0 Å². The summed E-state index contributed by atoms with van der Waals surface area (Å²) in [7, 11) is 0. The fourth-order valence-electron chi connectivity index (χ4n) is 3.04. The lowest BCUT2D eigenvalue weighted by Crippen LogP contribution is -2.46. The standard InChI is InChI=1S/C19H27N3O3/c1-13-3-4-15(11-14(13)2)17(23)5-6-19(25)21-16-7-9-22(10-8-16)12-18(20)24/h3-4,11,16H,5-10,12H2,1-2H3,(H2,20,24)(H,21,25). The van der Waals surface area contributed by atoms with Gasteiger partial charge in [0.05, 0.1) is 6.54 Å². The first-order valence-corrected chi connectivity index (χ1v) is 8.75. The quantitative estimate of drug-likeness (QED) is 0.729. The molecular formula is C19H27N3O3. The van der Waals surface area contributed by atoms with Gasteiger partial charge in [0.2, 0.25) is 11.8 Å². The van der Waals surface area contributed by atoms with E-state index in [0.717, 1.165) is 37.1 Å². The van der Waals surface area contributed by atoms with Gasteiger partial charge in [-0.1, -0.05) is 12.1 Å². The first-order valence-electron chi connectivity index (χ1n) is 8.75. The highest BCUT2D eigenvalue weighted by Gasteiger charge is 2.21. The number of carbonyl (C=O) groups excluding carboxylic acids is 3. The Labute approximate surface area is 148 Å². The number of hydrogen-bond acceptors (Lipinski definition) is 4. The highest BCUT2D eigenvalue weighted by Crippen LogP contribution is 2.13. The van der Waals surface area contributed by atoms with Gasteiger partial charge in [-0.2, -0.15) is 0 Å². The third-order valence-electron chi connectivity index (χ3n) is 4.74. The maximum Gasteiger partial charge on any atom is 0.231 e. The number of hydrogen-bond donors (Lipinski definition) is 2. The zero-order valence-corrected chi connectivity index (χ0v) is 15.0. The Morgan fingerprint density at radius 3 is 2.40 bits per heavy atom. The van der Waals surface area contributed by atoms with Crippen molar-refractivity contribution in [1.29, 1.82) is 0 Å². The second-order valence-electron chi connectivity index (χ2n) is 6.81. The molecule has 0 spiro atoms. The summed E-state index contributed by atoms with van der Waals surface area (Å²) in [5.41, 5.74) is 8.08. The first kappa shape index (κ1) is 19.1. The molecule has 3 N–H and O–H groups in total. The maximum absolute atomic E-state index is 12.2. The molecule has 1 saturated heterocycles. The SMILES string of the molecule is Cc1ccc(C(=O)CCC(=O)NC2CCN(CC(N)=O)CC2)cc1C. The number of primary amides is 1. The number of amides is 2. The van der Waals surface area contributed by atoms with Crippen LogP contribution in [0.15, 0.2) is 18.2 Å². The molecule has 0 bridgehead atoms. The predicted molar refractivity (Wildman–Crippen MR) is 96.3 cm³/mol. The van der Waals surface area contributed by atoms with Gasteiger partial charge < -0.3 is 11.1 Å². The Bertz CT molecular complexity index is 649. The minimum atomic E-state index is -0.327. The lowest BCUT2D eigenvalue weighted by atomic mass is 10.0. The Hall–Kier alpha value is -2.21. The minimum absolute atomic E-state index is 0.00507. The summed E-state index contributed by atoms with van der Waals surface area (Å²) < 4.78 is 0. The van der Waals surface area contributed by atoms with Crippen LogP contribution in [0.4, 0.5) is 0 Å². The van der Waals surface area contributed by atoms with Crippen LogP contribution in [0.1, 0.15) is 47.2 Å². The molecule has 1 aromatic rings. The fourth-order valence-corrected chi connectivity index (χ4v) is 3.04. The maximum atomic E-state index is 12.2. The summed E-state index contributed by atoms with van der Waals surface area (Å²) in [4.78, 5) is 37.2. The van der Waals surface area contributed by atoms with E-state index in [9.17, 15) is 14.4 Å². The fraction of sp³-hybridized carbons (Fsp3) is 0.526. The van der Waals surface area contributed by atoms with Gasteiger partial charge in [-0.05, 0) is 43.9 Å². The van der Waals surface area contributed by atoms with Crippen LogP contribution in [0.5, 0.6) is 0 Å². The van der Waals surface area contributed by atoms with Gasteiger partial charge in [0.1, 0.15) is 0 Å². The van der Waals surface area contributed by atoms with Crippen molar-refractivity contribution in [3.8, 4) is 0 Å². The molecule has 0 unspecified atom stereocenters. The summed E-state index contributed by atoms with van der Waals surface area (Å²) in [6.07, 6.45) is 2.01. The second kappa shape index (κ2) is 8.76. The Kier molecular flexibility index (Phi) is 6.70. The average Bonchev–Trinajstić information content (AvgIpc) is 2.56. The van der Waals surface area contributed by atoms with Crippen LogP contribution in [0.25, 0.3) is 0 Å². The van der Waals surface area contributed by atoms with Crippen LogP contribution < -0.4 is 11.1 Å². The molecule has 1 aromatic carbocycles. The molecule has 136 valence electrons. The van der Waals surface area contributed by atoms with E-state index in [1.165, 1.54) is 0 Å². The Morgan fingerprint density at radius 1 is 1.12 bits per heavy atom. The topological polar surface area (TPSA) is 92.5 Å². The lowest BCUT2D eigenvalue weighted by Gasteiger charge is -2.31. The average molecular weight is 345 g/mol. The summed E-state index contributed by atoms with van der Waals surface area (Å²) in [5, 5.41) is 2.99. The third-order valence-corrected chi connectivity index (χ3v) is 4.74. The van der Waals surface area contributed by atoms with Crippen molar-refractivity contribution in [3.63, 3.8) is 0 Å². The van der Waals surface area contributed by atoms with Crippen LogP contribution >= 0.6 is 0 Å². The third kappa shape index (κ3) is 5.98. The highest BCUT2D eigenvalue weighted by atomic mass is 16.2. The zero-order valence-electron chi connectivity index (χ0n) is 15.0. The highest BCUT2D eigenvalue weighted by molar-refractivity contribution is 5.98. The first-order chi connectivity index (χ1) is 11.8. The Morgan fingerprint density at radius 2 is 1.80 bits per heavy atom. The van der Waals surface area contributed by atoms with Crippen molar-refractivity contribution in [1.82, 2.24) is 10.2 Å². The van der Waals surface area contributed by atoms with Crippen molar-refractivity contribution < 1.29 is 14.4 Å². The van der Waals surface area contributed by atoms with E-state index < -0.39 is 0 Å². The van der Waals surface area contributed by atoms with Crippen LogP contribution in [-0.2, 0) is 9.59 Å². The number of nitrogens with one attached hydrogen (secondary N) is 1. The van der Waals surface area contributed by atoms with Crippen molar-refractivity contribution in [2.24, 2.45) is 5.73 Å². The monoisotopic (exact) mass is 345 g/mol. The summed E-state index contributed by atoms with van der Waals surface area (Å²) in [6, 6.07) is 5.73. The smallest absolute Gasteiger partial charge is 0.231 e. The van der Waals surface area contributed by atoms with Crippen LogP contribution in [0.3, 0.4) is 0 Å². The molecule has 2 amide bonds. The number of aryl methyl sites for hydroxylation is 2. The second-order valence-corrected chi connectivity index (χ2v) is 6.81. The number of nitrogens with zero attached hydrogens (tertiary/aromatic N) is 1. The molecule has 0 atom stereocenters. The van der Waals surface area contributed by atoms with Crippen LogP contribution in [0.2, 0.25) is 0 Å². The van der Waals surface area contributed by atoms with Crippen molar-refractivity contribution in [2.45, 2.75) is 45.6 Å². The predicted octanol–water partition coefficient (Wildman–Crippen LogP) is 1.33. The van der Waals surface area contributed by atoms with Crippen molar-refractivity contribution in [3.05, 3.63) is 34.9 Å². The summed E-state index contributed by atoms with van der Waals surface area (Å²) in [5.74, 6) is -0.424. The molecule has 1 aliphatic heterocycles. The molecule has 0 radical (unpaired) electrons. The van der Waals surface area contributed by atoms with E-state index in [2.05, 4.69) is 5.32 Å². The minimum Gasteiger partial charge on any atom is -0.369 e. The van der Waals surface area contributed by atoms with E-state index in [4.69, 9.17) is 5.73 Å². The van der Waals surface area contributed by atoms with Gasteiger partial charge >= 0.3 is 0 Å². The molecule has 1 aliphatic rings. The van der Waals surface area contributed by atoms with E-state index in [1.54, 1.807) is 0 Å². The molecular weight excluding hydrogens is 318 g/mol. The molecule has 25 heavy (non-hydrogen) atoms. The normalized spacial score (nSPS) is 15.8. The summed E-state index contributed by atoms with van der Waals surface area (Å²) >= 11 is 0. The molecule has 0 saturated carbocycles. The van der Waals surface area contributed by atoms with Crippen molar-refractivity contribution >= 4 is 17.6 Å². The van der Waals surface area contributed by atoms with Crippen LogP contribution in [-0.4, -0.2) is 48.2 Å². The number of piperidine rings is 1. The number of Topliss-reactive ketones (excluding diaryl/α,β-unsaturated/α-hetero) is 1. The van der Waals surface area contributed by atoms with Gasteiger partial charge in [0.15, 0.2) is 5.78 Å². The van der Waals surface area contributed by atoms with Gasteiger partial charge in [-0.15, -0.1) is 0 Å². The number of likely N-dealkylation sites (tertiary alicyclic amines) is 1. The number of ketones is 1. The lowest BCUT2D eigenvalue weighted by molar-refractivity contribution is -0.123. The number of rotatable bonds is 7. The molecule has 2 rings (SSSR count). The van der Waals surface area contributed by atoms with Crippen LogP contribution in [0, 0.1) is 13.8 Å².